The van der Waals surface area contributed by atoms with Crippen LogP contribution in [0.15, 0.2) is 19.4 Å². The lowest BCUT2D eigenvalue weighted by Crippen LogP contribution is -2.17. The lowest BCUT2D eigenvalue weighted by Gasteiger charge is -2.05. The van der Waals surface area contributed by atoms with Gasteiger partial charge in [0.05, 0.1) is 11.9 Å². The van der Waals surface area contributed by atoms with Crippen molar-refractivity contribution in [1.29, 1.82) is 0 Å². The predicted molar refractivity (Wildman–Crippen MR) is 56.1 cm³/mol. The second-order valence-corrected chi connectivity index (χ2v) is 2.93. The number of rotatable bonds is 3. The SMILES string of the molecule is C=Cc1c(C(=C)NC(C)=O)cnn1C. The largest absolute Gasteiger partial charge is 0.326 e. The predicted octanol–water partition coefficient (Wildman–Crippen LogP) is 1.17. The van der Waals surface area contributed by atoms with Gasteiger partial charge in [0.25, 0.3) is 0 Å². The highest BCUT2D eigenvalue weighted by molar-refractivity contribution is 5.85. The Morgan fingerprint density at radius 2 is 2.36 bits per heavy atom. The monoisotopic (exact) mass is 191 g/mol. The Hall–Kier alpha value is -1.84. The Labute approximate surface area is 82.9 Å². The molecule has 0 aliphatic rings. The molecule has 1 N–H and O–H groups in total. The first-order valence-corrected chi connectivity index (χ1v) is 4.17. The molecule has 0 saturated carbocycles. The van der Waals surface area contributed by atoms with Crippen LogP contribution in [0.2, 0.25) is 0 Å². The van der Waals surface area contributed by atoms with Crippen molar-refractivity contribution in [1.82, 2.24) is 15.1 Å². The molecule has 0 unspecified atom stereocenters. The van der Waals surface area contributed by atoms with Gasteiger partial charge in [0.1, 0.15) is 0 Å². The van der Waals surface area contributed by atoms with Crippen molar-refractivity contribution in [2.75, 3.05) is 0 Å². The van der Waals surface area contributed by atoms with Gasteiger partial charge in [-0.1, -0.05) is 13.2 Å². The second kappa shape index (κ2) is 3.91. The molecule has 1 aromatic rings. The minimum Gasteiger partial charge on any atom is -0.326 e. The lowest BCUT2D eigenvalue weighted by molar-refractivity contribution is -0.117. The molecule has 74 valence electrons. The number of nitrogens with zero attached hydrogens (tertiary/aromatic N) is 2. The molecule has 1 heterocycles. The van der Waals surface area contributed by atoms with E-state index in [0.717, 1.165) is 11.3 Å². The van der Waals surface area contributed by atoms with Crippen molar-refractivity contribution in [2.45, 2.75) is 6.92 Å². The number of amides is 1. The molecule has 0 radical (unpaired) electrons. The average molecular weight is 191 g/mol. The van der Waals surface area contributed by atoms with Crippen molar-refractivity contribution < 1.29 is 4.79 Å². The minimum absolute atomic E-state index is 0.145. The first-order chi connectivity index (χ1) is 6.56. The van der Waals surface area contributed by atoms with Crippen molar-refractivity contribution in [3.05, 3.63) is 30.6 Å². The van der Waals surface area contributed by atoms with Crippen LogP contribution in [0.25, 0.3) is 11.8 Å². The summed E-state index contributed by atoms with van der Waals surface area (Å²) in [6.45, 7) is 8.87. The summed E-state index contributed by atoms with van der Waals surface area (Å²) in [4.78, 5) is 10.8. The summed E-state index contributed by atoms with van der Waals surface area (Å²) in [5, 5.41) is 6.66. The van der Waals surface area contributed by atoms with Crippen LogP contribution in [0.1, 0.15) is 18.2 Å². The molecular weight excluding hydrogens is 178 g/mol. The normalized spacial score (nSPS) is 9.57. The highest BCUT2D eigenvalue weighted by Crippen LogP contribution is 2.15. The van der Waals surface area contributed by atoms with Crippen LogP contribution < -0.4 is 5.32 Å². The summed E-state index contributed by atoms with van der Waals surface area (Å²) in [5.74, 6) is -0.145. The molecule has 0 spiro atoms. The molecule has 0 saturated heterocycles. The zero-order chi connectivity index (χ0) is 10.7. The van der Waals surface area contributed by atoms with Gasteiger partial charge in [-0.05, 0) is 6.08 Å². The number of aryl methyl sites for hydroxylation is 1. The van der Waals surface area contributed by atoms with Gasteiger partial charge in [0.2, 0.25) is 5.91 Å². The molecule has 1 rings (SSSR count). The highest BCUT2D eigenvalue weighted by Gasteiger charge is 2.09. The molecule has 14 heavy (non-hydrogen) atoms. The van der Waals surface area contributed by atoms with Gasteiger partial charge < -0.3 is 5.32 Å². The van der Waals surface area contributed by atoms with E-state index >= 15 is 0 Å². The number of aromatic nitrogens is 2. The van der Waals surface area contributed by atoms with Gasteiger partial charge in [-0.15, -0.1) is 0 Å². The molecule has 0 aliphatic carbocycles. The van der Waals surface area contributed by atoms with Gasteiger partial charge in [-0.3, -0.25) is 9.48 Å². The third kappa shape index (κ3) is 1.90. The molecule has 4 nitrogen and oxygen atoms in total. The fraction of sp³-hybridized carbons (Fsp3) is 0.200. The molecule has 0 bridgehead atoms. The van der Waals surface area contributed by atoms with Gasteiger partial charge >= 0.3 is 0 Å². The molecule has 0 aromatic carbocycles. The van der Waals surface area contributed by atoms with Crippen molar-refractivity contribution in [2.24, 2.45) is 7.05 Å². The topological polar surface area (TPSA) is 46.9 Å². The van der Waals surface area contributed by atoms with Crippen LogP contribution in [0, 0.1) is 0 Å². The quantitative estimate of drug-likeness (QED) is 0.779. The summed E-state index contributed by atoms with van der Waals surface area (Å²) in [6.07, 6.45) is 3.32. The minimum atomic E-state index is -0.145. The standard InChI is InChI=1S/C10H13N3O/c1-5-10-9(6-11-13(10)4)7(2)12-8(3)14/h5-6H,1-2H2,3-4H3,(H,12,14). The van der Waals surface area contributed by atoms with E-state index in [0.29, 0.717) is 5.70 Å². The van der Waals surface area contributed by atoms with E-state index in [9.17, 15) is 4.79 Å². The van der Waals surface area contributed by atoms with E-state index in [-0.39, 0.29) is 5.91 Å². The highest BCUT2D eigenvalue weighted by atomic mass is 16.1. The number of hydrogen-bond donors (Lipinski definition) is 1. The third-order valence-corrected chi connectivity index (χ3v) is 1.83. The fourth-order valence-electron chi connectivity index (χ4n) is 1.20. The molecule has 4 heteroatoms. The molecule has 0 aliphatic heterocycles. The molecule has 0 fully saturated rings. The number of nitrogens with one attached hydrogen (secondary N) is 1. The molecule has 1 amide bonds. The molecule has 0 atom stereocenters. The average Bonchev–Trinajstić information content (AvgIpc) is 2.45. The summed E-state index contributed by atoms with van der Waals surface area (Å²) in [7, 11) is 1.81. The summed E-state index contributed by atoms with van der Waals surface area (Å²) in [5.41, 5.74) is 2.17. The van der Waals surface area contributed by atoms with Gasteiger partial charge in [-0.25, -0.2) is 0 Å². The van der Waals surface area contributed by atoms with Crippen LogP contribution in [0.5, 0.6) is 0 Å². The zero-order valence-corrected chi connectivity index (χ0v) is 8.37. The maximum Gasteiger partial charge on any atom is 0.221 e. The van der Waals surface area contributed by atoms with Crippen LogP contribution in [0.3, 0.4) is 0 Å². The zero-order valence-electron chi connectivity index (χ0n) is 8.37. The van der Waals surface area contributed by atoms with Gasteiger partial charge in [0.15, 0.2) is 0 Å². The Bertz CT molecular complexity index is 390. The molecule has 1 aromatic heterocycles. The molecular formula is C10H13N3O. The summed E-state index contributed by atoms with van der Waals surface area (Å²) in [6, 6.07) is 0. The van der Waals surface area contributed by atoms with E-state index in [1.165, 1.54) is 6.92 Å². The van der Waals surface area contributed by atoms with Crippen LogP contribution in [-0.2, 0) is 11.8 Å². The number of hydrogen-bond acceptors (Lipinski definition) is 2. The smallest absolute Gasteiger partial charge is 0.221 e. The first kappa shape index (κ1) is 10.2. The van der Waals surface area contributed by atoms with Crippen molar-refractivity contribution in [3.8, 4) is 0 Å². The number of carbonyl (C=O) groups excluding carboxylic acids is 1. The fourth-order valence-corrected chi connectivity index (χ4v) is 1.20. The Morgan fingerprint density at radius 3 is 2.86 bits per heavy atom. The second-order valence-electron chi connectivity index (χ2n) is 2.93. The van der Waals surface area contributed by atoms with E-state index < -0.39 is 0 Å². The number of carbonyl (C=O) groups is 1. The van der Waals surface area contributed by atoms with Crippen LogP contribution >= 0.6 is 0 Å². The van der Waals surface area contributed by atoms with E-state index in [4.69, 9.17) is 0 Å². The van der Waals surface area contributed by atoms with E-state index in [2.05, 4.69) is 23.6 Å². The van der Waals surface area contributed by atoms with Crippen LogP contribution in [0.4, 0.5) is 0 Å². The Balaban J connectivity index is 3.00. The maximum atomic E-state index is 10.8. The third-order valence-electron chi connectivity index (χ3n) is 1.83. The van der Waals surface area contributed by atoms with Crippen molar-refractivity contribution >= 4 is 17.7 Å². The Morgan fingerprint density at radius 1 is 1.71 bits per heavy atom. The Kier molecular flexibility index (Phi) is 2.86. The van der Waals surface area contributed by atoms with Crippen LogP contribution in [-0.4, -0.2) is 15.7 Å². The van der Waals surface area contributed by atoms with Gasteiger partial charge in [0, 0.05) is 25.2 Å². The first-order valence-electron chi connectivity index (χ1n) is 4.17. The maximum absolute atomic E-state index is 10.8. The van der Waals surface area contributed by atoms with E-state index in [1.807, 2.05) is 7.05 Å². The van der Waals surface area contributed by atoms with Crippen molar-refractivity contribution in [3.63, 3.8) is 0 Å². The summed E-state index contributed by atoms with van der Waals surface area (Å²) < 4.78 is 1.68. The summed E-state index contributed by atoms with van der Waals surface area (Å²) >= 11 is 0. The lowest BCUT2D eigenvalue weighted by atomic mass is 10.2. The van der Waals surface area contributed by atoms with E-state index in [1.54, 1.807) is 17.0 Å². The van der Waals surface area contributed by atoms with Gasteiger partial charge in [-0.2, -0.15) is 5.10 Å².